The number of urea groups is 1. The molecule has 1 aromatic carbocycles. The summed E-state index contributed by atoms with van der Waals surface area (Å²) in [6, 6.07) is 13.0. The van der Waals surface area contributed by atoms with Crippen LogP contribution in [0.4, 0.5) is 10.6 Å². The first-order chi connectivity index (χ1) is 13.7. The molecular formula is C20H25N5O3. The molecule has 8 nitrogen and oxygen atoms in total. The lowest BCUT2D eigenvalue weighted by atomic mass is 10.2. The van der Waals surface area contributed by atoms with Crippen molar-refractivity contribution in [1.29, 1.82) is 0 Å². The van der Waals surface area contributed by atoms with Crippen molar-refractivity contribution in [3.05, 3.63) is 54.2 Å². The molecule has 3 amide bonds. The predicted molar refractivity (Wildman–Crippen MR) is 106 cm³/mol. The van der Waals surface area contributed by atoms with E-state index in [4.69, 9.17) is 4.74 Å². The van der Waals surface area contributed by atoms with E-state index >= 15 is 0 Å². The van der Waals surface area contributed by atoms with Crippen LogP contribution in [0.25, 0.3) is 0 Å². The zero-order chi connectivity index (χ0) is 19.8. The van der Waals surface area contributed by atoms with Crippen LogP contribution in [0, 0.1) is 0 Å². The van der Waals surface area contributed by atoms with Crippen molar-refractivity contribution < 1.29 is 14.3 Å². The van der Waals surface area contributed by atoms with Crippen molar-refractivity contribution in [2.75, 3.05) is 44.7 Å². The van der Waals surface area contributed by atoms with E-state index in [1.54, 1.807) is 18.2 Å². The van der Waals surface area contributed by atoms with Crippen LogP contribution in [0.3, 0.4) is 0 Å². The van der Waals surface area contributed by atoms with Gasteiger partial charge in [-0.3, -0.25) is 4.79 Å². The topological polar surface area (TPSA) is 86.8 Å². The molecular weight excluding hydrogens is 358 g/mol. The molecule has 0 atom stereocenters. The molecule has 1 saturated heterocycles. The molecule has 28 heavy (non-hydrogen) atoms. The van der Waals surface area contributed by atoms with Crippen molar-refractivity contribution in [2.24, 2.45) is 0 Å². The van der Waals surface area contributed by atoms with E-state index in [1.165, 1.54) is 0 Å². The van der Waals surface area contributed by atoms with Gasteiger partial charge in [-0.15, -0.1) is 0 Å². The highest BCUT2D eigenvalue weighted by molar-refractivity contribution is 5.84. The average molecular weight is 383 g/mol. The van der Waals surface area contributed by atoms with Crippen LogP contribution in [0.15, 0.2) is 48.7 Å². The molecule has 0 bridgehead atoms. The third-order valence-corrected chi connectivity index (χ3v) is 4.61. The number of nitrogens with one attached hydrogen (secondary N) is 2. The molecule has 2 N–H and O–H groups in total. The van der Waals surface area contributed by atoms with E-state index in [1.807, 2.05) is 42.5 Å². The fraction of sp³-hybridized carbons (Fsp3) is 0.350. The Morgan fingerprint density at radius 1 is 1.04 bits per heavy atom. The number of aromatic nitrogens is 1. The third-order valence-electron chi connectivity index (χ3n) is 4.61. The van der Waals surface area contributed by atoms with E-state index in [0.29, 0.717) is 32.7 Å². The average Bonchev–Trinajstić information content (AvgIpc) is 2.77. The molecule has 0 saturated carbocycles. The highest BCUT2D eigenvalue weighted by atomic mass is 16.5. The van der Waals surface area contributed by atoms with Crippen LogP contribution in [0.1, 0.15) is 5.56 Å². The van der Waals surface area contributed by atoms with Gasteiger partial charge in [0.1, 0.15) is 11.6 Å². The molecule has 0 radical (unpaired) electrons. The molecule has 0 spiro atoms. The van der Waals surface area contributed by atoms with Crippen LogP contribution in [-0.2, 0) is 11.3 Å². The molecule has 8 heteroatoms. The van der Waals surface area contributed by atoms with Gasteiger partial charge in [-0.25, -0.2) is 9.78 Å². The van der Waals surface area contributed by atoms with E-state index in [-0.39, 0.29) is 18.5 Å². The van der Waals surface area contributed by atoms with Gasteiger partial charge in [0.15, 0.2) is 0 Å². The third kappa shape index (κ3) is 5.12. The smallest absolute Gasteiger partial charge is 0.317 e. The number of amides is 3. The second-order valence-corrected chi connectivity index (χ2v) is 6.41. The number of ether oxygens (including phenoxy) is 1. The van der Waals surface area contributed by atoms with E-state index in [0.717, 1.165) is 17.1 Å². The summed E-state index contributed by atoms with van der Waals surface area (Å²) in [5.74, 6) is 1.39. The van der Waals surface area contributed by atoms with Gasteiger partial charge in [0.25, 0.3) is 0 Å². The molecule has 0 aliphatic carbocycles. The van der Waals surface area contributed by atoms with Crippen LogP contribution in [0.2, 0.25) is 0 Å². The standard InChI is InChI=1S/C20H25N5O3/c1-28-17-7-3-2-6-16(17)14-22-19(26)15-23-20(27)25-12-10-24(11-13-25)18-8-4-5-9-21-18/h2-9H,10-15H2,1H3,(H,22,26)(H,23,27). The van der Waals surface area contributed by atoms with E-state index < -0.39 is 0 Å². The fourth-order valence-electron chi connectivity index (χ4n) is 3.05. The van der Waals surface area contributed by atoms with E-state index in [2.05, 4.69) is 20.5 Å². The summed E-state index contributed by atoms with van der Waals surface area (Å²) in [7, 11) is 1.59. The molecule has 148 valence electrons. The SMILES string of the molecule is COc1ccccc1CNC(=O)CNC(=O)N1CCN(c2ccccn2)CC1. The highest BCUT2D eigenvalue weighted by Gasteiger charge is 2.22. The highest BCUT2D eigenvalue weighted by Crippen LogP contribution is 2.16. The fourth-order valence-corrected chi connectivity index (χ4v) is 3.05. The number of hydrogen-bond acceptors (Lipinski definition) is 5. The minimum atomic E-state index is -0.244. The van der Waals surface area contributed by atoms with E-state index in [9.17, 15) is 9.59 Å². The minimum absolute atomic E-state index is 0.0611. The second-order valence-electron chi connectivity index (χ2n) is 6.41. The van der Waals surface area contributed by atoms with Crippen molar-refractivity contribution in [3.8, 4) is 5.75 Å². The summed E-state index contributed by atoms with van der Waals surface area (Å²) >= 11 is 0. The van der Waals surface area contributed by atoms with Gasteiger partial charge in [-0.2, -0.15) is 0 Å². The number of nitrogens with zero attached hydrogens (tertiary/aromatic N) is 3. The Morgan fingerprint density at radius 3 is 2.50 bits per heavy atom. The molecule has 2 aromatic rings. The second kappa shape index (κ2) is 9.59. The van der Waals surface area contributed by atoms with Gasteiger partial charge in [0.2, 0.25) is 5.91 Å². The molecule has 1 fully saturated rings. The summed E-state index contributed by atoms with van der Waals surface area (Å²) in [6.45, 7) is 2.89. The first-order valence-corrected chi connectivity index (χ1v) is 9.24. The Hall–Kier alpha value is -3.29. The normalized spacial score (nSPS) is 13.8. The number of hydrogen-bond donors (Lipinski definition) is 2. The number of carbonyl (C=O) groups is 2. The Kier molecular flexibility index (Phi) is 6.67. The molecule has 2 heterocycles. The summed E-state index contributed by atoms with van der Waals surface area (Å²) < 4.78 is 5.26. The predicted octanol–water partition coefficient (Wildman–Crippen LogP) is 1.24. The Morgan fingerprint density at radius 2 is 1.79 bits per heavy atom. The van der Waals surface area contributed by atoms with Gasteiger partial charge < -0.3 is 25.2 Å². The summed E-state index contributed by atoms with van der Waals surface area (Å²) in [5, 5.41) is 5.47. The van der Waals surface area contributed by atoms with Gasteiger partial charge in [-0.05, 0) is 18.2 Å². The lowest BCUT2D eigenvalue weighted by Crippen LogP contribution is -2.53. The molecule has 0 unspecified atom stereocenters. The van der Waals surface area contributed by atoms with Crippen LogP contribution in [-0.4, -0.2) is 61.7 Å². The van der Waals surface area contributed by atoms with Gasteiger partial charge in [0, 0.05) is 44.5 Å². The summed E-state index contributed by atoms with van der Waals surface area (Å²) in [4.78, 5) is 32.5. The summed E-state index contributed by atoms with van der Waals surface area (Å²) in [5.41, 5.74) is 0.885. The lowest BCUT2D eigenvalue weighted by molar-refractivity contribution is -0.120. The van der Waals surface area contributed by atoms with Crippen molar-refractivity contribution in [1.82, 2.24) is 20.5 Å². The first-order valence-electron chi connectivity index (χ1n) is 9.24. The first kappa shape index (κ1) is 19.5. The minimum Gasteiger partial charge on any atom is -0.496 e. The maximum Gasteiger partial charge on any atom is 0.317 e. The largest absolute Gasteiger partial charge is 0.496 e. The van der Waals surface area contributed by atoms with Gasteiger partial charge in [0.05, 0.1) is 13.7 Å². The van der Waals surface area contributed by atoms with Gasteiger partial charge in [-0.1, -0.05) is 24.3 Å². The number of para-hydroxylation sites is 1. The van der Waals surface area contributed by atoms with Crippen molar-refractivity contribution in [2.45, 2.75) is 6.54 Å². The Balaban J connectivity index is 1.39. The number of methoxy groups -OCH3 is 1. The van der Waals surface area contributed by atoms with Crippen molar-refractivity contribution >= 4 is 17.8 Å². The number of piperazine rings is 1. The van der Waals surface area contributed by atoms with Gasteiger partial charge >= 0.3 is 6.03 Å². The zero-order valence-electron chi connectivity index (χ0n) is 15.9. The maximum absolute atomic E-state index is 12.3. The molecule has 1 aliphatic rings. The number of rotatable bonds is 6. The molecule has 3 rings (SSSR count). The monoisotopic (exact) mass is 383 g/mol. The summed E-state index contributed by atoms with van der Waals surface area (Å²) in [6.07, 6.45) is 1.76. The number of benzene rings is 1. The van der Waals surface area contributed by atoms with Crippen LogP contribution >= 0.6 is 0 Å². The molecule has 1 aliphatic heterocycles. The van der Waals surface area contributed by atoms with Crippen LogP contribution in [0.5, 0.6) is 5.75 Å². The number of anilines is 1. The number of pyridine rings is 1. The Labute approximate surface area is 164 Å². The van der Waals surface area contributed by atoms with Crippen LogP contribution < -0.4 is 20.3 Å². The number of carbonyl (C=O) groups excluding carboxylic acids is 2. The maximum atomic E-state index is 12.3. The lowest BCUT2D eigenvalue weighted by Gasteiger charge is -2.35. The van der Waals surface area contributed by atoms with Crippen molar-refractivity contribution in [3.63, 3.8) is 0 Å². The molecule has 1 aromatic heterocycles. The quantitative estimate of drug-likeness (QED) is 0.784. The Bertz CT molecular complexity index is 791. The zero-order valence-corrected chi connectivity index (χ0v) is 15.9.